The van der Waals surface area contributed by atoms with Crippen LogP contribution in [0.4, 0.5) is 0 Å². The maximum Gasteiger partial charge on any atom is 0.268 e. The Morgan fingerprint density at radius 1 is 1.00 bits per heavy atom. The first kappa shape index (κ1) is 19.5. The maximum atomic E-state index is 13.2. The monoisotopic (exact) mass is 382 g/mol. The van der Waals surface area contributed by atoms with Gasteiger partial charge >= 0.3 is 0 Å². The molecule has 3 rings (SSSR count). The summed E-state index contributed by atoms with van der Waals surface area (Å²) in [5.41, 5.74) is 3.22. The molecule has 1 heterocycles. The maximum absolute atomic E-state index is 13.2. The van der Waals surface area contributed by atoms with Crippen LogP contribution < -0.4 is 5.32 Å². The number of rotatable bonds is 3. The van der Waals surface area contributed by atoms with Crippen LogP contribution in [-0.2, 0) is 5.54 Å². The number of aryl methyl sites for hydroxylation is 2. The Balaban J connectivity index is 2.00. The Hall–Kier alpha value is -2.26. The number of H-pyrrole nitrogens is 1. The Morgan fingerprint density at radius 2 is 1.70 bits per heavy atom. The molecule has 0 aliphatic heterocycles. The number of hydrogen-bond acceptors (Lipinski definition) is 1. The molecule has 0 atom stereocenters. The van der Waals surface area contributed by atoms with Crippen molar-refractivity contribution in [2.45, 2.75) is 51.5 Å². The third-order valence-corrected chi connectivity index (χ3v) is 5.43. The highest BCUT2D eigenvalue weighted by atomic mass is 35.5. The molecule has 27 heavy (non-hydrogen) atoms. The largest absolute Gasteiger partial charge is 0.355 e. The Labute approximate surface area is 166 Å². The first-order valence-electron chi connectivity index (χ1n) is 9.58. The minimum Gasteiger partial charge on any atom is -0.355 e. The van der Waals surface area contributed by atoms with E-state index in [1.165, 1.54) is 12.0 Å². The number of aromatic amines is 1. The van der Waals surface area contributed by atoms with Crippen molar-refractivity contribution >= 4 is 17.5 Å². The molecule has 1 saturated carbocycles. The van der Waals surface area contributed by atoms with E-state index in [1.807, 2.05) is 56.3 Å². The van der Waals surface area contributed by atoms with Crippen molar-refractivity contribution in [2.24, 2.45) is 0 Å². The van der Waals surface area contributed by atoms with Crippen LogP contribution in [0.15, 0.2) is 54.6 Å². The van der Waals surface area contributed by atoms with Crippen LogP contribution in [-0.4, -0.2) is 10.9 Å². The van der Waals surface area contributed by atoms with Gasteiger partial charge in [-0.1, -0.05) is 61.2 Å². The van der Waals surface area contributed by atoms with Crippen LogP contribution in [0.2, 0.25) is 5.02 Å². The molecule has 0 bridgehead atoms. The van der Waals surface area contributed by atoms with E-state index in [9.17, 15) is 4.79 Å². The van der Waals surface area contributed by atoms with Crippen molar-refractivity contribution in [3.8, 4) is 0 Å². The number of hydrogen-bond donors (Lipinski definition) is 2. The molecule has 4 heteroatoms. The van der Waals surface area contributed by atoms with Gasteiger partial charge in [0.25, 0.3) is 5.91 Å². The molecule has 1 aromatic heterocycles. The topological polar surface area (TPSA) is 44.9 Å². The van der Waals surface area contributed by atoms with Gasteiger partial charge in [0.05, 0.1) is 5.54 Å². The number of carbonyl (C=O) groups excluding carboxylic acids is 1. The van der Waals surface area contributed by atoms with Crippen LogP contribution >= 0.6 is 11.6 Å². The quantitative estimate of drug-likeness (QED) is 0.671. The van der Waals surface area contributed by atoms with E-state index < -0.39 is 0 Å². The average molecular weight is 383 g/mol. The van der Waals surface area contributed by atoms with Gasteiger partial charge in [0.2, 0.25) is 0 Å². The fraction of sp³-hybridized carbons (Fsp3) is 0.348. The van der Waals surface area contributed by atoms with Crippen molar-refractivity contribution < 1.29 is 4.79 Å². The normalized spacial score (nSPS) is 15.7. The van der Waals surface area contributed by atoms with Gasteiger partial charge in [0.15, 0.2) is 0 Å². The fourth-order valence-corrected chi connectivity index (χ4v) is 4.07. The summed E-state index contributed by atoms with van der Waals surface area (Å²) < 4.78 is 0. The molecule has 0 spiro atoms. The van der Waals surface area contributed by atoms with Gasteiger partial charge in [-0.15, -0.1) is 0 Å². The molecule has 2 N–H and O–H groups in total. The zero-order chi connectivity index (χ0) is 19.3. The van der Waals surface area contributed by atoms with E-state index in [4.69, 9.17) is 11.6 Å². The first-order chi connectivity index (χ1) is 13.0. The minimum absolute atomic E-state index is 0.0840. The lowest BCUT2D eigenvalue weighted by molar-refractivity contribution is 0.0861. The highest BCUT2D eigenvalue weighted by Crippen LogP contribution is 2.37. The SMILES string of the molecule is Cc1cc(Cl)ccc(C)[nH]c(C(=O)NC2(c3ccccc3)CCCCC2)c1. The van der Waals surface area contributed by atoms with Crippen LogP contribution in [0.5, 0.6) is 0 Å². The predicted molar refractivity (Wildman–Crippen MR) is 112 cm³/mol. The summed E-state index contributed by atoms with van der Waals surface area (Å²) in [7, 11) is 0. The standard InChI is InChI=1S/C23H27ClN2O/c1-17-15-20(24)12-11-18(2)25-21(16-17)22(27)26-23(13-7-4-8-14-23)19-9-5-3-6-10-19/h3,5-6,9-12,15-16,25H,4,7-8,13-14H2,1-2H3,(H,26,27). The Kier molecular flexibility index (Phi) is 6.22. The molecule has 1 aliphatic rings. The van der Waals surface area contributed by atoms with E-state index in [0.29, 0.717) is 10.7 Å². The number of halogens is 1. The van der Waals surface area contributed by atoms with Crippen molar-refractivity contribution in [1.82, 2.24) is 10.3 Å². The average Bonchev–Trinajstić information content (AvgIpc) is 2.73. The van der Waals surface area contributed by atoms with E-state index in [0.717, 1.165) is 36.9 Å². The lowest BCUT2D eigenvalue weighted by Crippen LogP contribution is -2.47. The third-order valence-electron chi connectivity index (χ3n) is 5.19. The lowest BCUT2D eigenvalue weighted by atomic mass is 9.76. The fourth-order valence-electron chi connectivity index (χ4n) is 3.84. The number of nitrogens with one attached hydrogen (secondary N) is 2. The van der Waals surface area contributed by atoms with Crippen molar-refractivity contribution in [3.63, 3.8) is 0 Å². The van der Waals surface area contributed by atoms with Crippen LogP contribution in [0.25, 0.3) is 0 Å². The van der Waals surface area contributed by atoms with E-state index in [1.54, 1.807) is 0 Å². The highest BCUT2D eigenvalue weighted by molar-refractivity contribution is 6.30. The van der Waals surface area contributed by atoms with Crippen molar-refractivity contribution in [3.05, 3.63) is 82.1 Å². The van der Waals surface area contributed by atoms with Crippen molar-refractivity contribution in [1.29, 1.82) is 0 Å². The summed E-state index contributed by atoms with van der Waals surface area (Å²) in [4.78, 5) is 16.5. The van der Waals surface area contributed by atoms with E-state index in [-0.39, 0.29) is 11.4 Å². The summed E-state index contributed by atoms with van der Waals surface area (Å²) in [6.07, 6.45) is 5.40. The number of carbonyl (C=O) groups is 1. The van der Waals surface area contributed by atoms with Crippen LogP contribution in [0.3, 0.4) is 0 Å². The predicted octanol–water partition coefficient (Wildman–Crippen LogP) is 6.00. The second kappa shape index (κ2) is 8.62. The molecule has 142 valence electrons. The summed E-state index contributed by atoms with van der Waals surface area (Å²) in [5.74, 6) is -0.0840. The molecule has 1 aliphatic carbocycles. The molecule has 2 aromatic rings. The molecular formula is C23H27ClN2O. The Bertz CT molecular complexity index is 850. The zero-order valence-corrected chi connectivity index (χ0v) is 16.8. The molecule has 0 radical (unpaired) electrons. The summed E-state index contributed by atoms with van der Waals surface area (Å²) in [6, 6.07) is 17.8. The molecule has 0 unspecified atom stereocenters. The number of amides is 1. The molecule has 1 fully saturated rings. The summed E-state index contributed by atoms with van der Waals surface area (Å²) >= 11 is 6.19. The lowest BCUT2D eigenvalue weighted by Gasteiger charge is -2.38. The van der Waals surface area contributed by atoms with E-state index in [2.05, 4.69) is 22.4 Å². The van der Waals surface area contributed by atoms with Crippen LogP contribution in [0.1, 0.15) is 59.4 Å². The van der Waals surface area contributed by atoms with Gasteiger partial charge in [0, 0.05) is 10.7 Å². The van der Waals surface area contributed by atoms with Gasteiger partial charge in [-0.3, -0.25) is 4.79 Å². The highest BCUT2D eigenvalue weighted by Gasteiger charge is 2.35. The van der Waals surface area contributed by atoms with Gasteiger partial charge in [-0.05, 0) is 62.1 Å². The van der Waals surface area contributed by atoms with Gasteiger partial charge < -0.3 is 10.3 Å². The molecular weight excluding hydrogens is 356 g/mol. The molecule has 1 amide bonds. The van der Waals surface area contributed by atoms with Gasteiger partial charge in [-0.25, -0.2) is 0 Å². The zero-order valence-electron chi connectivity index (χ0n) is 16.0. The third kappa shape index (κ3) is 4.92. The summed E-state index contributed by atoms with van der Waals surface area (Å²) in [5, 5.41) is 4.00. The Morgan fingerprint density at radius 3 is 2.41 bits per heavy atom. The van der Waals surface area contributed by atoms with Crippen LogP contribution in [0, 0.1) is 13.8 Å². The molecule has 1 aromatic carbocycles. The second-order valence-electron chi connectivity index (χ2n) is 7.44. The molecule has 3 nitrogen and oxygen atoms in total. The van der Waals surface area contributed by atoms with E-state index >= 15 is 0 Å². The second-order valence-corrected chi connectivity index (χ2v) is 7.87. The minimum atomic E-state index is -0.303. The van der Waals surface area contributed by atoms with Crippen molar-refractivity contribution in [2.75, 3.05) is 0 Å². The number of aromatic nitrogens is 1. The number of benzene rings is 1. The van der Waals surface area contributed by atoms with Gasteiger partial charge in [0.1, 0.15) is 5.69 Å². The van der Waals surface area contributed by atoms with Gasteiger partial charge in [-0.2, -0.15) is 0 Å². The summed E-state index contributed by atoms with van der Waals surface area (Å²) in [6.45, 7) is 3.87. The first-order valence-corrected chi connectivity index (χ1v) is 9.95. The molecule has 0 saturated heterocycles. The smallest absolute Gasteiger partial charge is 0.268 e.